The standard InChI is InChI=1S/C7H13F3N2O2S/c1-5(4-11)15(13,14)12-6(2-3-6)7(8,9)10/h5,12H,2-4,11H2,1H3. The van der Waals surface area contributed by atoms with Crippen molar-refractivity contribution in [2.75, 3.05) is 6.54 Å². The maximum absolute atomic E-state index is 12.4. The van der Waals surface area contributed by atoms with Crippen molar-refractivity contribution < 1.29 is 21.6 Å². The summed E-state index contributed by atoms with van der Waals surface area (Å²) < 4.78 is 61.8. The largest absolute Gasteiger partial charge is 0.407 e. The van der Waals surface area contributed by atoms with Crippen LogP contribution in [0.5, 0.6) is 0 Å². The lowest BCUT2D eigenvalue weighted by molar-refractivity contribution is -0.160. The van der Waals surface area contributed by atoms with Crippen molar-refractivity contribution in [3.63, 3.8) is 0 Å². The number of rotatable bonds is 4. The molecule has 0 radical (unpaired) electrons. The van der Waals surface area contributed by atoms with E-state index in [9.17, 15) is 21.6 Å². The number of sulfonamides is 1. The number of halogens is 3. The molecule has 0 aromatic heterocycles. The van der Waals surface area contributed by atoms with Gasteiger partial charge < -0.3 is 5.73 Å². The van der Waals surface area contributed by atoms with E-state index in [1.165, 1.54) is 6.92 Å². The van der Waals surface area contributed by atoms with Crippen molar-refractivity contribution in [2.45, 2.75) is 36.7 Å². The maximum atomic E-state index is 12.4. The Morgan fingerprint density at radius 3 is 2.20 bits per heavy atom. The van der Waals surface area contributed by atoms with Gasteiger partial charge in [0, 0.05) is 6.54 Å². The number of hydrogen-bond donors (Lipinski definition) is 2. The molecule has 1 aliphatic rings. The van der Waals surface area contributed by atoms with E-state index in [0.29, 0.717) is 0 Å². The normalized spacial score (nSPS) is 22.5. The lowest BCUT2D eigenvalue weighted by Crippen LogP contribution is -2.51. The van der Waals surface area contributed by atoms with Gasteiger partial charge in [-0.25, -0.2) is 8.42 Å². The number of nitrogens with one attached hydrogen (secondary N) is 1. The predicted molar refractivity (Wildman–Crippen MR) is 48.6 cm³/mol. The topological polar surface area (TPSA) is 72.2 Å². The van der Waals surface area contributed by atoms with Crippen LogP contribution >= 0.6 is 0 Å². The summed E-state index contributed by atoms with van der Waals surface area (Å²) in [7, 11) is -3.98. The molecule has 0 saturated heterocycles. The van der Waals surface area contributed by atoms with Crippen LogP contribution in [0.2, 0.25) is 0 Å². The van der Waals surface area contributed by atoms with Crippen molar-refractivity contribution in [1.82, 2.24) is 4.72 Å². The van der Waals surface area contributed by atoms with Crippen LogP contribution in [0.3, 0.4) is 0 Å². The number of alkyl halides is 3. The Kier molecular flexibility index (Phi) is 3.05. The highest BCUT2D eigenvalue weighted by Gasteiger charge is 2.65. The van der Waals surface area contributed by atoms with Gasteiger partial charge in [0.1, 0.15) is 5.54 Å². The molecule has 0 aromatic carbocycles. The Morgan fingerprint density at radius 1 is 1.47 bits per heavy atom. The average molecular weight is 246 g/mol. The molecule has 1 aliphatic carbocycles. The smallest absolute Gasteiger partial charge is 0.329 e. The molecule has 90 valence electrons. The summed E-state index contributed by atoms with van der Waals surface area (Å²) in [5.41, 5.74) is 2.87. The molecule has 0 aromatic rings. The minimum absolute atomic E-state index is 0.201. The summed E-state index contributed by atoms with van der Waals surface area (Å²) in [5.74, 6) is 0. The summed E-state index contributed by atoms with van der Waals surface area (Å²) >= 11 is 0. The monoisotopic (exact) mass is 246 g/mol. The van der Waals surface area contributed by atoms with E-state index < -0.39 is 27.0 Å². The van der Waals surface area contributed by atoms with Gasteiger partial charge in [-0.2, -0.15) is 17.9 Å². The van der Waals surface area contributed by atoms with Gasteiger partial charge in [-0.3, -0.25) is 0 Å². The first-order valence-corrected chi connectivity index (χ1v) is 5.99. The summed E-state index contributed by atoms with van der Waals surface area (Å²) in [6, 6.07) is 0. The second-order valence-corrected chi connectivity index (χ2v) is 5.87. The molecule has 8 heteroatoms. The predicted octanol–water partition coefficient (Wildman–Crippen LogP) is 0.348. The van der Waals surface area contributed by atoms with Crippen LogP contribution in [-0.2, 0) is 10.0 Å². The van der Waals surface area contributed by atoms with Crippen LogP contribution in [0.4, 0.5) is 13.2 Å². The SMILES string of the molecule is CC(CN)S(=O)(=O)NC1(C(F)(F)F)CC1. The van der Waals surface area contributed by atoms with Gasteiger partial charge >= 0.3 is 6.18 Å². The molecule has 3 N–H and O–H groups in total. The zero-order chi connectivity index (χ0) is 11.9. The van der Waals surface area contributed by atoms with Gasteiger partial charge in [-0.05, 0) is 19.8 Å². The molecule has 1 fully saturated rings. The van der Waals surface area contributed by atoms with Gasteiger partial charge in [0.2, 0.25) is 10.0 Å². The van der Waals surface area contributed by atoms with Crippen molar-refractivity contribution in [1.29, 1.82) is 0 Å². The molecule has 1 rings (SSSR count). The molecule has 1 saturated carbocycles. The van der Waals surface area contributed by atoms with E-state index >= 15 is 0 Å². The molecular weight excluding hydrogens is 233 g/mol. The van der Waals surface area contributed by atoms with Crippen LogP contribution in [0.15, 0.2) is 0 Å². The first-order chi connectivity index (χ1) is 6.65. The Hall–Kier alpha value is -0.340. The van der Waals surface area contributed by atoms with E-state index in [0.717, 1.165) is 0 Å². The van der Waals surface area contributed by atoms with Gasteiger partial charge in [0.05, 0.1) is 5.25 Å². The Balaban J connectivity index is 2.79. The fraction of sp³-hybridized carbons (Fsp3) is 1.00. The zero-order valence-corrected chi connectivity index (χ0v) is 8.95. The van der Waals surface area contributed by atoms with Crippen molar-refractivity contribution >= 4 is 10.0 Å². The van der Waals surface area contributed by atoms with E-state index in [1.807, 2.05) is 0 Å². The van der Waals surface area contributed by atoms with Crippen molar-refractivity contribution in [2.24, 2.45) is 5.73 Å². The first kappa shape index (κ1) is 12.7. The van der Waals surface area contributed by atoms with Gasteiger partial charge in [-0.1, -0.05) is 0 Å². The quantitative estimate of drug-likeness (QED) is 0.751. The van der Waals surface area contributed by atoms with Gasteiger partial charge in [-0.15, -0.1) is 0 Å². The third kappa shape index (κ3) is 2.43. The van der Waals surface area contributed by atoms with Crippen molar-refractivity contribution in [3.05, 3.63) is 0 Å². The highest BCUT2D eigenvalue weighted by Crippen LogP contribution is 2.49. The molecular formula is C7H13F3N2O2S. The fourth-order valence-corrected chi connectivity index (χ4v) is 2.39. The molecule has 4 nitrogen and oxygen atoms in total. The lowest BCUT2D eigenvalue weighted by Gasteiger charge is -2.22. The Bertz CT molecular complexity index is 335. The first-order valence-electron chi connectivity index (χ1n) is 4.44. The fourth-order valence-electron chi connectivity index (χ4n) is 1.07. The summed E-state index contributed by atoms with van der Waals surface area (Å²) in [4.78, 5) is 0. The third-order valence-corrected chi connectivity index (χ3v) is 4.42. The van der Waals surface area contributed by atoms with Crippen LogP contribution in [0.1, 0.15) is 19.8 Å². The molecule has 1 atom stereocenters. The molecule has 0 spiro atoms. The summed E-state index contributed by atoms with van der Waals surface area (Å²) in [6.45, 7) is 1.07. The molecule has 15 heavy (non-hydrogen) atoms. The van der Waals surface area contributed by atoms with Crippen LogP contribution < -0.4 is 10.5 Å². The number of hydrogen-bond acceptors (Lipinski definition) is 3. The molecule has 0 heterocycles. The highest BCUT2D eigenvalue weighted by atomic mass is 32.2. The Labute approximate surface area is 86.1 Å². The summed E-state index contributed by atoms with van der Waals surface area (Å²) in [6.07, 6.45) is -4.94. The molecule has 1 unspecified atom stereocenters. The second kappa shape index (κ2) is 3.60. The van der Waals surface area contributed by atoms with E-state index in [-0.39, 0.29) is 19.4 Å². The molecule has 0 aliphatic heterocycles. The zero-order valence-electron chi connectivity index (χ0n) is 8.13. The maximum Gasteiger partial charge on any atom is 0.407 e. The Morgan fingerprint density at radius 2 is 1.93 bits per heavy atom. The van der Waals surface area contributed by atoms with Gasteiger partial charge in [0.15, 0.2) is 0 Å². The minimum Gasteiger partial charge on any atom is -0.329 e. The van der Waals surface area contributed by atoms with Crippen LogP contribution in [0, 0.1) is 0 Å². The van der Waals surface area contributed by atoms with E-state index in [1.54, 1.807) is 4.72 Å². The van der Waals surface area contributed by atoms with Crippen molar-refractivity contribution in [3.8, 4) is 0 Å². The van der Waals surface area contributed by atoms with Crippen LogP contribution in [-0.4, -0.2) is 31.9 Å². The van der Waals surface area contributed by atoms with E-state index in [4.69, 9.17) is 5.73 Å². The summed E-state index contributed by atoms with van der Waals surface area (Å²) in [5, 5.41) is -1.02. The number of nitrogens with two attached hydrogens (primary N) is 1. The third-order valence-electron chi connectivity index (χ3n) is 2.49. The lowest BCUT2D eigenvalue weighted by atomic mass is 10.3. The minimum atomic E-state index is -4.53. The average Bonchev–Trinajstić information content (AvgIpc) is 2.82. The van der Waals surface area contributed by atoms with Gasteiger partial charge in [0.25, 0.3) is 0 Å². The second-order valence-electron chi connectivity index (χ2n) is 3.77. The van der Waals surface area contributed by atoms with E-state index in [2.05, 4.69) is 0 Å². The molecule has 0 amide bonds. The van der Waals surface area contributed by atoms with Crippen LogP contribution in [0.25, 0.3) is 0 Å². The highest BCUT2D eigenvalue weighted by molar-refractivity contribution is 7.90. The molecule has 0 bridgehead atoms.